The van der Waals surface area contributed by atoms with Gasteiger partial charge in [-0.1, -0.05) is 13.8 Å². The largest absolute Gasteiger partial charge is 0.282 e. The maximum Gasteiger partial charge on any atom is 0.282 e. The SMILES string of the molecule is CC(C)CN(C(C)C)S(=O)(=O)N1CCC(CCl)CC1. The van der Waals surface area contributed by atoms with E-state index in [0.29, 0.717) is 37.4 Å². The van der Waals surface area contributed by atoms with E-state index in [0.717, 1.165) is 12.8 Å². The van der Waals surface area contributed by atoms with E-state index in [2.05, 4.69) is 0 Å². The molecule has 0 amide bonds. The summed E-state index contributed by atoms with van der Waals surface area (Å²) in [6.07, 6.45) is 1.74. The molecule has 1 rings (SSSR count). The molecule has 0 bridgehead atoms. The van der Waals surface area contributed by atoms with Crippen molar-refractivity contribution in [2.75, 3.05) is 25.5 Å². The lowest BCUT2D eigenvalue weighted by Crippen LogP contribution is -2.50. The topological polar surface area (TPSA) is 40.6 Å². The Bertz CT molecular complexity index is 363. The summed E-state index contributed by atoms with van der Waals surface area (Å²) >= 11 is 5.85. The molecule has 1 fully saturated rings. The Balaban J connectivity index is 2.77. The van der Waals surface area contributed by atoms with Crippen LogP contribution in [0.3, 0.4) is 0 Å². The molecule has 114 valence electrons. The monoisotopic (exact) mass is 310 g/mol. The first-order valence-electron chi connectivity index (χ1n) is 7.12. The maximum atomic E-state index is 12.7. The Hall–Kier alpha value is 0.160. The van der Waals surface area contributed by atoms with Crippen LogP contribution in [0, 0.1) is 11.8 Å². The second kappa shape index (κ2) is 7.25. The van der Waals surface area contributed by atoms with Gasteiger partial charge in [-0.05, 0) is 38.5 Å². The number of alkyl halides is 1. The van der Waals surface area contributed by atoms with Crippen molar-refractivity contribution < 1.29 is 8.42 Å². The third-order valence-electron chi connectivity index (χ3n) is 3.54. The molecule has 0 spiro atoms. The predicted octanol–water partition coefficient (Wildman–Crippen LogP) is 2.55. The molecule has 1 saturated heterocycles. The molecular weight excluding hydrogens is 284 g/mol. The highest BCUT2D eigenvalue weighted by atomic mass is 35.5. The van der Waals surface area contributed by atoms with E-state index in [1.54, 1.807) is 8.61 Å². The number of hydrogen-bond donors (Lipinski definition) is 0. The quantitative estimate of drug-likeness (QED) is 0.707. The van der Waals surface area contributed by atoms with Crippen molar-refractivity contribution in [1.29, 1.82) is 0 Å². The Morgan fingerprint density at radius 1 is 1.21 bits per heavy atom. The van der Waals surface area contributed by atoms with Crippen LogP contribution in [0.5, 0.6) is 0 Å². The summed E-state index contributed by atoms with van der Waals surface area (Å²) in [5.41, 5.74) is 0. The lowest BCUT2D eigenvalue weighted by molar-refractivity contribution is 0.244. The molecule has 6 heteroatoms. The third kappa shape index (κ3) is 4.59. The minimum atomic E-state index is -3.33. The molecule has 0 atom stereocenters. The van der Waals surface area contributed by atoms with E-state index in [4.69, 9.17) is 11.6 Å². The minimum absolute atomic E-state index is 0.00171. The zero-order valence-corrected chi connectivity index (χ0v) is 14.0. The van der Waals surface area contributed by atoms with Gasteiger partial charge in [-0.3, -0.25) is 0 Å². The fourth-order valence-electron chi connectivity index (χ4n) is 2.37. The van der Waals surface area contributed by atoms with Gasteiger partial charge in [0.05, 0.1) is 0 Å². The number of halogens is 1. The zero-order valence-electron chi connectivity index (χ0n) is 12.5. The van der Waals surface area contributed by atoms with Gasteiger partial charge in [-0.15, -0.1) is 11.6 Å². The molecule has 1 aliphatic heterocycles. The maximum absolute atomic E-state index is 12.7. The summed E-state index contributed by atoms with van der Waals surface area (Å²) in [7, 11) is -3.33. The van der Waals surface area contributed by atoms with E-state index in [-0.39, 0.29) is 6.04 Å². The molecule has 1 aliphatic rings. The van der Waals surface area contributed by atoms with Crippen LogP contribution < -0.4 is 0 Å². The second-order valence-electron chi connectivity index (χ2n) is 6.06. The molecule has 0 aliphatic carbocycles. The zero-order chi connectivity index (χ0) is 14.6. The molecular formula is C13H27ClN2O2S. The minimum Gasteiger partial charge on any atom is -0.195 e. The van der Waals surface area contributed by atoms with Crippen molar-refractivity contribution in [3.05, 3.63) is 0 Å². The van der Waals surface area contributed by atoms with Gasteiger partial charge >= 0.3 is 0 Å². The molecule has 0 radical (unpaired) electrons. The summed E-state index contributed by atoms with van der Waals surface area (Å²) in [5.74, 6) is 1.43. The van der Waals surface area contributed by atoms with Crippen molar-refractivity contribution in [2.24, 2.45) is 11.8 Å². The summed E-state index contributed by atoms with van der Waals surface area (Å²) in [4.78, 5) is 0. The highest BCUT2D eigenvalue weighted by molar-refractivity contribution is 7.86. The molecule has 0 unspecified atom stereocenters. The molecule has 0 aromatic carbocycles. The molecule has 19 heavy (non-hydrogen) atoms. The Morgan fingerprint density at radius 3 is 2.11 bits per heavy atom. The van der Waals surface area contributed by atoms with Crippen LogP contribution in [0.15, 0.2) is 0 Å². The van der Waals surface area contributed by atoms with Crippen molar-refractivity contribution in [3.8, 4) is 0 Å². The Morgan fingerprint density at radius 2 is 1.74 bits per heavy atom. The van der Waals surface area contributed by atoms with Gasteiger partial charge in [0.1, 0.15) is 0 Å². The molecule has 4 nitrogen and oxygen atoms in total. The van der Waals surface area contributed by atoms with Crippen LogP contribution in [0.4, 0.5) is 0 Å². The average Bonchev–Trinajstić information content (AvgIpc) is 2.35. The first kappa shape index (κ1) is 17.2. The summed E-state index contributed by atoms with van der Waals surface area (Å²) in [6.45, 7) is 9.74. The van der Waals surface area contributed by atoms with Gasteiger partial charge in [0, 0.05) is 31.6 Å². The highest BCUT2D eigenvalue weighted by Gasteiger charge is 2.34. The van der Waals surface area contributed by atoms with Gasteiger partial charge in [-0.25, -0.2) is 0 Å². The lowest BCUT2D eigenvalue weighted by Gasteiger charge is -2.36. The number of hydrogen-bond acceptors (Lipinski definition) is 2. The third-order valence-corrected chi connectivity index (χ3v) is 6.15. The van der Waals surface area contributed by atoms with E-state index in [1.807, 2.05) is 27.7 Å². The predicted molar refractivity (Wildman–Crippen MR) is 80.6 cm³/mol. The summed E-state index contributed by atoms with van der Waals surface area (Å²) < 4.78 is 28.6. The summed E-state index contributed by atoms with van der Waals surface area (Å²) in [6, 6.07) is -0.00171. The van der Waals surface area contributed by atoms with E-state index < -0.39 is 10.2 Å². The number of rotatable bonds is 6. The van der Waals surface area contributed by atoms with Gasteiger partial charge in [0.25, 0.3) is 10.2 Å². The van der Waals surface area contributed by atoms with Crippen molar-refractivity contribution in [3.63, 3.8) is 0 Å². The molecule has 1 heterocycles. The van der Waals surface area contributed by atoms with Crippen molar-refractivity contribution >= 4 is 21.8 Å². The molecule has 0 saturated carbocycles. The highest BCUT2D eigenvalue weighted by Crippen LogP contribution is 2.23. The average molecular weight is 311 g/mol. The number of piperidine rings is 1. The lowest BCUT2D eigenvalue weighted by atomic mass is 10.0. The number of nitrogens with zero attached hydrogens (tertiary/aromatic N) is 2. The fourth-order valence-corrected chi connectivity index (χ4v) is 4.67. The van der Waals surface area contributed by atoms with Crippen LogP contribution in [0.2, 0.25) is 0 Å². The van der Waals surface area contributed by atoms with Crippen LogP contribution in [0.25, 0.3) is 0 Å². The van der Waals surface area contributed by atoms with Crippen LogP contribution in [-0.2, 0) is 10.2 Å². The van der Waals surface area contributed by atoms with Crippen molar-refractivity contribution in [2.45, 2.75) is 46.6 Å². The molecule has 0 aromatic heterocycles. The standard InChI is InChI=1S/C13H27ClN2O2S/c1-11(2)10-16(12(3)4)19(17,18)15-7-5-13(9-14)6-8-15/h11-13H,5-10H2,1-4H3. The normalized spacial score (nSPS) is 19.8. The van der Waals surface area contributed by atoms with E-state index in [9.17, 15) is 8.42 Å². The van der Waals surface area contributed by atoms with Crippen LogP contribution in [0.1, 0.15) is 40.5 Å². The summed E-state index contributed by atoms with van der Waals surface area (Å²) in [5, 5.41) is 0. The van der Waals surface area contributed by atoms with Gasteiger partial charge < -0.3 is 0 Å². The van der Waals surface area contributed by atoms with Crippen molar-refractivity contribution in [1.82, 2.24) is 8.61 Å². The second-order valence-corrected chi connectivity index (χ2v) is 8.25. The van der Waals surface area contributed by atoms with Gasteiger partial charge in [0.2, 0.25) is 0 Å². The van der Waals surface area contributed by atoms with Gasteiger partial charge in [0.15, 0.2) is 0 Å². The molecule has 0 aromatic rings. The Kier molecular flexibility index (Phi) is 6.57. The first-order valence-corrected chi connectivity index (χ1v) is 9.05. The van der Waals surface area contributed by atoms with E-state index >= 15 is 0 Å². The first-order chi connectivity index (χ1) is 8.78. The van der Waals surface area contributed by atoms with Crippen LogP contribution in [-0.4, -0.2) is 48.6 Å². The smallest absolute Gasteiger partial charge is 0.195 e. The molecule has 0 N–H and O–H groups in total. The van der Waals surface area contributed by atoms with Gasteiger partial charge in [-0.2, -0.15) is 17.0 Å². The van der Waals surface area contributed by atoms with E-state index in [1.165, 1.54) is 0 Å². The Labute approximate surface area is 123 Å². The fraction of sp³-hybridized carbons (Fsp3) is 1.00. The van der Waals surface area contributed by atoms with Crippen LogP contribution >= 0.6 is 11.6 Å².